The van der Waals surface area contributed by atoms with Crippen molar-refractivity contribution in [1.82, 2.24) is 5.32 Å². The van der Waals surface area contributed by atoms with Gasteiger partial charge in [0, 0.05) is 17.5 Å². The van der Waals surface area contributed by atoms with Gasteiger partial charge in [0.2, 0.25) is 5.91 Å². The van der Waals surface area contributed by atoms with Crippen LogP contribution >= 0.6 is 0 Å². The van der Waals surface area contributed by atoms with E-state index in [1.54, 1.807) is 0 Å². The number of carbonyl (C=O) groups excluding carboxylic acids is 1. The second-order valence-electron chi connectivity index (χ2n) is 6.17. The zero-order chi connectivity index (χ0) is 15.6. The van der Waals surface area contributed by atoms with E-state index in [9.17, 15) is 18.7 Å². The van der Waals surface area contributed by atoms with Gasteiger partial charge in [-0.25, -0.2) is 8.78 Å². The lowest BCUT2D eigenvalue weighted by molar-refractivity contribution is -0.123. The van der Waals surface area contributed by atoms with Crippen molar-refractivity contribution in [3.63, 3.8) is 0 Å². The highest BCUT2D eigenvalue weighted by atomic mass is 19.1. The van der Waals surface area contributed by atoms with E-state index in [0.717, 1.165) is 0 Å². The molecule has 1 atom stereocenters. The van der Waals surface area contributed by atoms with Crippen LogP contribution < -0.4 is 5.32 Å². The summed E-state index contributed by atoms with van der Waals surface area (Å²) in [6.07, 6.45) is 0.605. The molecule has 0 aromatic heterocycles. The number of nitrogens with one attached hydrogen (secondary N) is 1. The monoisotopic (exact) mass is 297 g/mol. The van der Waals surface area contributed by atoms with Crippen molar-refractivity contribution >= 4 is 5.91 Å². The Morgan fingerprint density at radius 1 is 1.33 bits per heavy atom. The fraction of sp³-hybridized carbons (Fsp3) is 0.562. The maximum Gasteiger partial charge on any atom is 0.222 e. The largest absolute Gasteiger partial charge is 0.392 e. The molecule has 0 heterocycles. The summed E-state index contributed by atoms with van der Waals surface area (Å²) in [6.45, 7) is 3.86. The Kier molecular flexibility index (Phi) is 4.61. The molecule has 3 nitrogen and oxygen atoms in total. The van der Waals surface area contributed by atoms with Gasteiger partial charge in [0.1, 0.15) is 11.6 Å². The zero-order valence-corrected chi connectivity index (χ0v) is 12.3. The summed E-state index contributed by atoms with van der Waals surface area (Å²) in [7, 11) is 0. The van der Waals surface area contributed by atoms with Crippen LogP contribution in [0.5, 0.6) is 0 Å². The molecule has 1 aromatic carbocycles. The topological polar surface area (TPSA) is 49.3 Å². The third-order valence-electron chi connectivity index (χ3n) is 4.13. The second-order valence-corrected chi connectivity index (χ2v) is 6.17. The average molecular weight is 297 g/mol. The van der Waals surface area contributed by atoms with Crippen molar-refractivity contribution < 1.29 is 18.7 Å². The van der Waals surface area contributed by atoms with Crippen LogP contribution in [-0.4, -0.2) is 23.7 Å². The van der Waals surface area contributed by atoms with Crippen molar-refractivity contribution in [2.75, 3.05) is 6.54 Å². The summed E-state index contributed by atoms with van der Waals surface area (Å²) >= 11 is 0. The van der Waals surface area contributed by atoms with E-state index in [0.29, 0.717) is 12.8 Å². The first kappa shape index (κ1) is 15.9. The number of rotatable bonds is 6. The molecule has 21 heavy (non-hydrogen) atoms. The molecule has 1 aliphatic rings. The third kappa shape index (κ3) is 3.59. The molecule has 116 valence electrons. The molecule has 1 fully saturated rings. The molecule has 1 saturated carbocycles. The van der Waals surface area contributed by atoms with Gasteiger partial charge in [0.25, 0.3) is 0 Å². The fourth-order valence-electron chi connectivity index (χ4n) is 2.44. The van der Waals surface area contributed by atoms with Crippen LogP contribution in [0.25, 0.3) is 0 Å². The number of hydrogen-bond donors (Lipinski definition) is 2. The van der Waals surface area contributed by atoms with Gasteiger partial charge in [-0.2, -0.15) is 0 Å². The average Bonchev–Trinajstić information content (AvgIpc) is 3.17. The van der Waals surface area contributed by atoms with Gasteiger partial charge in [0.05, 0.1) is 12.5 Å². The molecular weight excluding hydrogens is 276 g/mol. The van der Waals surface area contributed by atoms with Gasteiger partial charge in [0.15, 0.2) is 0 Å². The minimum Gasteiger partial charge on any atom is -0.392 e. The molecular formula is C16H21F2NO2. The zero-order valence-electron chi connectivity index (χ0n) is 12.3. The number of carbonyl (C=O) groups is 1. The number of aliphatic hydroxyl groups is 1. The molecule has 2 N–H and O–H groups in total. The molecule has 1 aliphatic carbocycles. The van der Waals surface area contributed by atoms with E-state index in [-0.39, 0.29) is 30.4 Å². The normalized spacial score (nSPS) is 17.6. The predicted octanol–water partition coefficient (Wildman–Crippen LogP) is 2.52. The third-order valence-corrected chi connectivity index (χ3v) is 4.13. The van der Waals surface area contributed by atoms with Crippen LogP contribution in [0.2, 0.25) is 0 Å². The lowest BCUT2D eigenvalue weighted by Crippen LogP contribution is -2.35. The Morgan fingerprint density at radius 2 is 1.90 bits per heavy atom. The minimum absolute atomic E-state index is 0.00496. The van der Waals surface area contributed by atoms with Gasteiger partial charge in [-0.1, -0.05) is 19.9 Å². The summed E-state index contributed by atoms with van der Waals surface area (Å²) < 4.78 is 27.7. The first-order valence-electron chi connectivity index (χ1n) is 7.25. The number of hydrogen-bond acceptors (Lipinski definition) is 2. The quantitative estimate of drug-likeness (QED) is 0.847. The van der Waals surface area contributed by atoms with Gasteiger partial charge in [-0.15, -0.1) is 0 Å². The lowest BCUT2D eigenvalue weighted by atomic mass is 9.94. The number of amides is 1. The molecule has 0 bridgehead atoms. The Bertz CT molecular complexity index is 507. The predicted molar refractivity (Wildman–Crippen MR) is 75.7 cm³/mol. The maximum absolute atomic E-state index is 13.8. The van der Waals surface area contributed by atoms with Crippen molar-refractivity contribution in [3.8, 4) is 0 Å². The van der Waals surface area contributed by atoms with Gasteiger partial charge >= 0.3 is 0 Å². The molecule has 0 spiro atoms. The van der Waals surface area contributed by atoms with E-state index in [4.69, 9.17) is 0 Å². The lowest BCUT2D eigenvalue weighted by Gasteiger charge is -2.19. The Hall–Kier alpha value is -1.49. The fourth-order valence-corrected chi connectivity index (χ4v) is 2.44. The van der Waals surface area contributed by atoms with E-state index >= 15 is 0 Å². The smallest absolute Gasteiger partial charge is 0.222 e. The number of aliphatic hydroxyl groups excluding tert-OH is 1. The second kappa shape index (κ2) is 6.10. The molecule has 2 rings (SSSR count). The highest BCUT2D eigenvalue weighted by Crippen LogP contribution is 2.49. The molecule has 0 radical (unpaired) electrons. The van der Waals surface area contributed by atoms with Crippen LogP contribution in [-0.2, 0) is 10.2 Å². The highest BCUT2D eigenvalue weighted by molar-refractivity contribution is 5.76. The standard InChI is InChI=1S/C16H21F2NO2/c1-10(2)13(20)8-14(21)19-9-16(6-7-16)15-11(17)4-3-5-12(15)18/h3-5,10,13,20H,6-9H2,1-2H3,(H,19,21). The van der Waals surface area contributed by atoms with Crippen LogP contribution in [0.3, 0.4) is 0 Å². The van der Waals surface area contributed by atoms with E-state index in [1.807, 2.05) is 13.8 Å². The van der Waals surface area contributed by atoms with Crippen molar-refractivity contribution in [1.29, 1.82) is 0 Å². The molecule has 0 aliphatic heterocycles. The first-order chi connectivity index (χ1) is 9.85. The first-order valence-corrected chi connectivity index (χ1v) is 7.25. The molecule has 1 amide bonds. The van der Waals surface area contributed by atoms with Gasteiger partial charge in [-0.05, 0) is 30.9 Å². The summed E-state index contributed by atoms with van der Waals surface area (Å²) in [4.78, 5) is 11.8. The minimum atomic E-state index is -0.703. The SMILES string of the molecule is CC(C)C(O)CC(=O)NCC1(c2c(F)cccc2F)CC1. The Balaban J connectivity index is 1.98. The Labute approximate surface area is 123 Å². The van der Waals surface area contributed by atoms with Gasteiger partial charge in [-0.3, -0.25) is 4.79 Å². The van der Waals surface area contributed by atoms with Crippen LogP contribution in [0.4, 0.5) is 8.78 Å². The summed E-state index contributed by atoms with van der Waals surface area (Å²) in [5.41, 5.74) is -0.567. The van der Waals surface area contributed by atoms with Crippen molar-refractivity contribution in [2.45, 2.75) is 44.6 Å². The molecule has 1 aromatic rings. The van der Waals surface area contributed by atoms with Crippen LogP contribution in [0.15, 0.2) is 18.2 Å². The number of halogens is 2. The van der Waals surface area contributed by atoms with E-state index < -0.39 is 23.2 Å². The summed E-state index contributed by atoms with van der Waals surface area (Å²) in [5, 5.41) is 12.4. The van der Waals surface area contributed by atoms with E-state index in [1.165, 1.54) is 18.2 Å². The number of benzene rings is 1. The van der Waals surface area contributed by atoms with Crippen molar-refractivity contribution in [2.24, 2.45) is 5.92 Å². The van der Waals surface area contributed by atoms with Crippen LogP contribution in [0.1, 0.15) is 38.7 Å². The van der Waals surface area contributed by atoms with Gasteiger partial charge < -0.3 is 10.4 Å². The molecule has 1 unspecified atom stereocenters. The van der Waals surface area contributed by atoms with Crippen molar-refractivity contribution in [3.05, 3.63) is 35.4 Å². The molecule has 0 saturated heterocycles. The highest BCUT2D eigenvalue weighted by Gasteiger charge is 2.47. The summed E-state index contributed by atoms with van der Waals surface area (Å²) in [5.74, 6) is -1.43. The molecule has 5 heteroatoms. The maximum atomic E-state index is 13.8. The van der Waals surface area contributed by atoms with Crippen LogP contribution in [0, 0.1) is 17.6 Å². The Morgan fingerprint density at radius 3 is 2.38 bits per heavy atom. The van der Waals surface area contributed by atoms with E-state index in [2.05, 4.69) is 5.32 Å². The summed E-state index contributed by atoms with van der Waals surface area (Å²) in [6, 6.07) is 3.81.